The first-order valence-corrected chi connectivity index (χ1v) is 7.32. The molecule has 0 aromatic heterocycles. The van der Waals surface area contributed by atoms with E-state index in [-0.39, 0.29) is 11.1 Å². The molecule has 0 saturated carbocycles. The van der Waals surface area contributed by atoms with Gasteiger partial charge in [0, 0.05) is 0 Å². The lowest BCUT2D eigenvalue weighted by Gasteiger charge is -2.11. The zero-order valence-electron chi connectivity index (χ0n) is 12.9. The molecule has 0 amide bonds. The van der Waals surface area contributed by atoms with Crippen molar-refractivity contribution in [3.63, 3.8) is 0 Å². The van der Waals surface area contributed by atoms with Crippen molar-refractivity contribution in [2.24, 2.45) is 0 Å². The number of alkyl halides is 2. The van der Waals surface area contributed by atoms with Gasteiger partial charge in [0.1, 0.15) is 0 Å². The topological polar surface area (TPSA) is 26.3 Å². The first kappa shape index (κ1) is 17.1. The minimum Gasteiger partial charge on any atom is -0.420 e. The predicted molar refractivity (Wildman–Crippen MR) is 81.5 cm³/mol. The van der Waals surface area contributed by atoms with Gasteiger partial charge >= 0.3 is 5.97 Å². The minimum absolute atomic E-state index is 0.112. The van der Waals surface area contributed by atoms with Gasteiger partial charge in [-0.3, -0.25) is 0 Å². The fraction of sp³-hybridized carbons (Fsp3) is 0.278. The van der Waals surface area contributed by atoms with Crippen LogP contribution in [0.5, 0.6) is 5.75 Å². The first-order chi connectivity index (χ1) is 10.9. The monoisotopic (exact) mass is 322 g/mol. The van der Waals surface area contributed by atoms with Gasteiger partial charge in [-0.1, -0.05) is 31.5 Å². The molecule has 0 saturated heterocycles. The third-order valence-electron chi connectivity index (χ3n) is 3.51. The van der Waals surface area contributed by atoms with E-state index in [9.17, 15) is 18.0 Å². The van der Waals surface area contributed by atoms with Gasteiger partial charge in [0.05, 0.1) is 11.1 Å². The molecule has 2 nitrogen and oxygen atoms in total. The van der Waals surface area contributed by atoms with Gasteiger partial charge in [-0.15, -0.1) is 0 Å². The molecule has 0 heterocycles. The Labute approximate surface area is 132 Å². The SMILES string of the molecule is CCCc1ccc(C(=O)Oc2ccc(C)c(C(F)F)c2F)cc1. The largest absolute Gasteiger partial charge is 0.420 e. The summed E-state index contributed by atoms with van der Waals surface area (Å²) in [6, 6.07) is 9.21. The number of hydrogen-bond donors (Lipinski definition) is 0. The fourth-order valence-corrected chi connectivity index (χ4v) is 2.27. The third kappa shape index (κ3) is 3.92. The second-order valence-corrected chi connectivity index (χ2v) is 5.25. The number of esters is 1. The molecule has 122 valence electrons. The second-order valence-electron chi connectivity index (χ2n) is 5.25. The number of rotatable bonds is 5. The molecule has 0 aliphatic heterocycles. The molecular weight excluding hydrogens is 305 g/mol. The number of ether oxygens (including phenoxy) is 1. The van der Waals surface area contributed by atoms with Crippen LogP contribution in [0.15, 0.2) is 36.4 Å². The Balaban J connectivity index is 2.22. The highest BCUT2D eigenvalue weighted by atomic mass is 19.3. The minimum atomic E-state index is -2.97. The quantitative estimate of drug-likeness (QED) is 0.555. The van der Waals surface area contributed by atoms with Crippen LogP contribution in [0, 0.1) is 12.7 Å². The Hall–Kier alpha value is -2.30. The second kappa shape index (κ2) is 7.31. The molecule has 0 radical (unpaired) electrons. The standard InChI is InChI=1S/C18H17F3O2/c1-3-4-12-6-8-13(9-7-12)18(22)23-14-10-5-11(2)15(16(14)19)17(20)21/h5-10,17H,3-4H2,1-2H3. The fourth-order valence-electron chi connectivity index (χ4n) is 2.27. The number of benzene rings is 2. The van der Waals surface area contributed by atoms with E-state index in [1.54, 1.807) is 24.3 Å². The van der Waals surface area contributed by atoms with E-state index >= 15 is 0 Å². The lowest BCUT2D eigenvalue weighted by Crippen LogP contribution is -2.11. The number of halogens is 3. The number of carbonyl (C=O) groups excluding carboxylic acids is 1. The van der Waals surface area contributed by atoms with Crippen molar-refractivity contribution >= 4 is 5.97 Å². The summed E-state index contributed by atoms with van der Waals surface area (Å²) in [7, 11) is 0. The molecule has 0 bridgehead atoms. The molecule has 23 heavy (non-hydrogen) atoms. The van der Waals surface area contributed by atoms with Crippen molar-refractivity contribution in [2.45, 2.75) is 33.1 Å². The Morgan fingerprint density at radius 1 is 1.13 bits per heavy atom. The Kier molecular flexibility index (Phi) is 5.42. The van der Waals surface area contributed by atoms with Crippen molar-refractivity contribution in [3.05, 3.63) is 64.5 Å². The van der Waals surface area contributed by atoms with Crippen molar-refractivity contribution in [1.29, 1.82) is 0 Å². The van der Waals surface area contributed by atoms with E-state index in [1.165, 1.54) is 19.1 Å². The molecule has 0 atom stereocenters. The molecule has 0 aliphatic carbocycles. The van der Waals surface area contributed by atoms with E-state index in [2.05, 4.69) is 0 Å². The molecule has 0 spiro atoms. The molecular formula is C18H17F3O2. The van der Waals surface area contributed by atoms with Gasteiger partial charge < -0.3 is 4.74 Å². The van der Waals surface area contributed by atoms with Gasteiger partial charge in [0.25, 0.3) is 6.43 Å². The zero-order valence-corrected chi connectivity index (χ0v) is 12.9. The summed E-state index contributed by atoms with van der Waals surface area (Å²) in [6.45, 7) is 3.42. The summed E-state index contributed by atoms with van der Waals surface area (Å²) in [5, 5.41) is 0. The average molecular weight is 322 g/mol. The Bertz CT molecular complexity index is 694. The van der Waals surface area contributed by atoms with Gasteiger partial charge in [-0.2, -0.15) is 0 Å². The van der Waals surface area contributed by atoms with Crippen molar-refractivity contribution in [3.8, 4) is 5.75 Å². The summed E-state index contributed by atoms with van der Waals surface area (Å²) in [5.74, 6) is -2.47. The lowest BCUT2D eigenvalue weighted by molar-refractivity contribution is 0.0724. The highest BCUT2D eigenvalue weighted by molar-refractivity contribution is 5.91. The molecule has 2 aromatic rings. The van der Waals surface area contributed by atoms with Crippen molar-refractivity contribution in [1.82, 2.24) is 0 Å². The van der Waals surface area contributed by atoms with Gasteiger partial charge in [-0.25, -0.2) is 18.0 Å². The predicted octanol–water partition coefficient (Wildman–Crippen LogP) is 5.24. The smallest absolute Gasteiger partial charge is 0.343 e. The third-order valence-corrected chi connectivity index (χ3v) is 3.51. The van der Waals surface area contributed by atoms with Crippen molar-refractivity contribution in [2.75, 3.05) is 0 Å². The summed E-state index contributed by atoms with van der Waals surface area (Å²) in [5.41, 5.74) is 0.684. The van der Waals surface area contributed by atoms with E-state index in [4.69, 9.17) is 4.74 Å². The summed E-state index contributed by atoms with van der Waals surface area (Å²) in [6.07, 6.45) is -1.10. The van der Waals surface area contributed by atoms with Gasteiger partial charge in [0.2, 0.25) is 0 Å². The normalized spacial score (nSPS) is 10.9. The van der Waals surface area contributed by atoms with Crippen LogP contribution in [0.3, 0.4) is 0 Å². The highest BCUT2D eigenvalue weighted by Crippen LogP contribution is 2.31. The summed E-state index contributed by atoms with van der Waals surface area (Å²) >= 11 is 0. The average Bonchev–Trinajstić information content (AvgIpc) is 2.51. The van der Waals surface area contributed by atoms with Crippen LogP contribution in [0.4, 0.5) is 13.2 Å². The molecule has 0 unspecified atom stereocenters. The Morgan fingerprint density at radius 3 is 2.35 bits per heavy atom. The molecule has 2 rings (SSSR count). The van der Waals surface area contributed by atoms with E-state index in [1.807, 2.05) is 6.92 Å². The van der Waals surface area contributed by atoms with Crippen molar-refractivity contribution < 1.29 is 22.7 Å². The number of aryl methyl sites for hydroxylation is 2. The van der Waals surface area contributed by atoms with E-state index < -0.39 is 29.5 Å². The first-order valence-electron chi connectivity index (χ1n) is 7.32. The van der Waals surface area contributed by atoms with E-state index in [0.29, 0.717) is 0 Å². The summed E-state index contributed by atoms with van der Waals surface area (Å²) in [4.78, 5) is 12.0. The van der Waals surface area contributed by atoms with Crippen LogP contribution in [0.2, 0.25) is 0 Å². The maximum absolute atomic E-state index is 14.1. The van der Waals surface area contributed by atoms with Gasteiger partial charge in [-0.05, 0) is 42.7 Å². The van der Waals surface area contributed by atoms with Crippen LogP contribution in [-0.4, -0.2) is 5.97 Å². The van der Waals surface area contributed by atoms with Crippen LogP contribution >= 0.6 is 0 Å². The molecule has 0 N–H and O–H groups in total. The van der Waals surface area contributed by atoms with Gasteiger partial charge in [0.15, 0.2) is 11.6 Å². The van der Waals surface area contributed by atoms with Crippen LogP contribution in [0.25, 0.3) is 0 Å². The lowest BCUT2D eigenvalue weighted by atomic mass is 10.1. The molecule has 0 aliphatic rings. The maximum Gasteiger partial charge on any atom is 0.343 e. The zero-order chi connectivity index (χ0) is 17.0. The maximum atomic E-state index is 14.1. The van der Waals surface area contributed by atoms with Crippen LogP contribution in [-0.2, 0) is 6.42 Å². The van der Waals surface area contributed by atoms with Crippen LogP contribution in [0.1, 0.15) is 46.8 Å². The molecule has 5 heteroatoms. The Morgan fingerprint density at radius 2 is 1.78 bits per heavy atom. The number of carbonyl (C=O) groups is 1. The molecule has 2 aromatic carbocycles. The highest BCUT2D eigenvalue weighted by Gasteiger charge is 2.22. The van der Waals surface area contributed by atoms with Crippen LogP contribution < -0.4 is 4.74 Å². The van der Waals surface area contributed by atoms with E-state index in [0.717, 1.165) is 18.4 Å². The number of hydrogen-bond acceptors (Lipinski definition) is 2. The molecule has 0 fully saturated rings. The summed E-state index contributed by atoms with van der Waals surface area (Å²) < 4.78 is 44.7.